The maximum absolute atomic E-state index is 10.9. The molecule has 1 aliphatic rings. The van der Waals surface area contributed by atoms with Crippen molar-refractivity contribution in [1.29, 1.82) is 0 Å². The van der Waals surface area contributed by atoms with Gasteiger partial charge in [-0.3, -0.25) is 9.79 Å². The van der Waals surface area contributed by atoms with Gasteiger partial charge in [-0.15, -0.1) is 0 Å². The van der Waals surface area contributed by atoms with Gasteiger partial charge < -0.3 is 5.73 Å². The number of para-hydroxylation sites is 1. The van der Waals surface area contributed by atoms with Crippen LogP contribution in [0.1, 0.15) is 6.42 Å². The molecule has 1 aromatic carbocycles. The van der Waals surface area contributed by atoms with Crippen molar-refractivity contribution in [2.24, 2.45) is 10.7 Å². The quantitative estimate of drug-likeness (QED) is 0.604. The van der Waals surface area contributed by atoms with Crippen LogP contribution in [0.15, 0.2) is 29.3 Å². The van der Waals surface area contributed by atoms with E-state index in [-0.39, 0.29) is 11.9 Å². The normalized spacial score (nSPS) is 19.5. The number of carbonyl (C=O) groups excluding carboxylic acids is 1. The average Bonchev–Trinajstić information content (AvgIpc) is 2.17. The lowest BCUT2D eigenvalue weighted by Crippen LogP contribution is -2.36. The zero-order chi connectivity index (χ0) is 9.26. The summed E-state index contributed by atoms with van der Waals surface area (Å²) in [5, 5.41) is 1.94. The van der Waals surface area contributed by atoms with Gasteiger partial charge in [0, 0.05) is 0 Å². The standard InChI is InChI=1S/C10H10N2O/c11-10(13)9-6-5-7-3-1-2-4-8(7)12-9/h1-5,9H,6H2,(H2,11,13). The van der Waals surface area contributed by atoms with Gasteiger partial charge >= 0.3 is 0 Å². The number of rotatable bonds is 1. The van der Waals surface area contributed by atoms with E-state index in [9.17, 15) is 4.79 Å². The van der Waals surface area contributed by atoms with Crippen LogP contribution < -0.4 is 16.3 Å². The molecular formula is C10H10N2O. The lowest BCUT2D eigenvalue weighted by atomic mass is 10.1. The van der Waals surface area contributed by atoms with E-state index in [4.69, 9.17) is 5.73 Å². The zero-order valence-electron chi connectivity index (χ0n) is 7.10. The first-order valence-corrected chi connectivity index (χ1v) is 4.20. The second kappa shape index (κ2) is 3.01. The fraction of sp³-hybridized carbons (Fsp3) is 0.200. The monoisotopic (exact) mass is 174 g/mol. The highest BCUT2D eigenvalue weighted by molar-refractivity contribution is 5.81. The molecule has 1 atom stereocenters. The summed E-state index contributed by atoms with van der Waals surface area (Å²) < 4.78 is 0. The van der Waals surface area contributed by atoms with Crippen LogP contribution in [0, 0.1) is 0 Å². The Bertz CT molecular complexity index is 450. The molecule has 0 aliphatic carbocycles. The van der Waals surface area contributed by atoms with Crippen molar-refractivity contribution in [1.82, 2.24) is 0 Å². The molecule has 0 fully saturated rings. The Labute approximate surface area is 75.6 Å². The summed E-state index contributed by atoms with van der Waals surface area (Å²) in [4.78, 5) is 15.1. The first-order valence-electron chi connectivity index (χ1n) is 4.20. The molecule has 0 saturated carbocycles. The second-order valence-corrected chi connectivity index (χ2v) is 3.05. The Morgan fingerprint density at radius 2 is 2.23 bits per heavy atom. The minimum absolute atomic E-state index is 0.356. The molecule has 0 bridgehead atoms. The van der Waals surface area contributed by atoms with Gasteiger partial charge in [-0.2, -0.15) is 0 Å². The number of hydrogen-bond acceptors (Lipinski definition) is 2. The van der Waals surface area contributed by atoms with Crippen LogP contribution in [-0.4, -0.2) is 11.9 Å². The first kappa shape index (κ1) is 7.98. The van der Waals surface area contributed by atoms with Crippen molar-refractivity contribution in [3.05, 3.63) is 34.8 Å². The van der Waals surface area contributed by atoms with Crippen LogP contribution in [0.3, 0.4) is 0 Å². The summed E-state index contributed by atoms with van der Waals surface area (Å²) in [5.41, 5.74) is 5.17. The average molecular weight is 174 g/mol. The summed E-state index contributed by atoms with van der Waals surface area (Å²) in [6.07, 6.45) is 2.62. The molecule has 3 heteroatoms. The Morgan fingerprint density at radius 1 is 1.46 bits per heavy atom. The molecule has 3 nitrogen and oxygen atoms in total. The Balaban J connectivity index is 2.55. The molecule has 13 heavy (non-hydrogen) atoms. The molecule has 1 heterocycles. The smallest absolute Gasteiger partial charge is 0.242 e. The van der Waals surface area contributed by atoms with Crippen LogP contribution in [0.4, 0.5) is 0 Å². The van der Waals surface area contributed by atoms with Crippen molar-refractivity contribution in [3.8, 4) is 0 Å². The second-order valence-electron chi connectivity index (χ2n) is 3.05. The molecule has 0 spiro atoms. The molecule has 0 aromatic heterocycles. The van der Waals surface area contributed by atoms with E-state index < -0.39 is 0 Å². The van der Waals surface area contributed by atoms with Gasteiger partial charge in [0.05, 0.1) is 5.36 Å². The number of amides is 1. The van der Waals surface area contributed by atoms with E-state index in [2.05, 4.69) is 4.99 Å². The van der Waals surface area contributed by atoms with Gasteiger partial charge in [0.2, 0.25) is 5.91 Å². The largest absolute Gasteiger partial charge is 0.368 e. The molecule has 0 saturated heterocycles. The first-order chi connectivity index (χ1) is 6.27. The Morgan fingerprint density at radius 3 is 3.00 bits per heavy atom. The highest BCUT2D eigenvalue weighted by atomic mass is 16.1. The van der Waals surface area contributed by atoms with E-state index in [0.717, 1.165) is 10.6 Å². The predicted molar refractivity (Wildman–Crippen MR) is 49.3 cm³/mol. The van der Waals surface area contributed by atoms with E-state index in [1.807, 2.05) is 30.3 Å². The minimum Gasteiger partial charge on any atom is -0.368 e. The number of nitrogens with two attached hydrogens (primary N) is 1. The summed E-state index contributed by atoms with van der Waals surface area (Å²) in [6, 6.07) is 7.35. The molecule has 2 N–H and O–H groups in total. The van der Waals surface area contributed by atoms with E-state index in [1.165, 1.54) is 0 Å². The van der Waals surface area contributed by atoms with Crippen LogP contribution >= 0.6 is 0 Å². The summed E-state index contributed by atoms with van der Waals surface area (Å²) >= 11 is 0. The van der Waals surface area contributed by atoms with Gasteiger partial charge in [0.25, 0.3) is 0 Å². The van der Waals surface area contributed by atoms with Crippen molar-refractivity contribution >= 4 is 12.0 Å². The number of fused-ring (bicyclic) bond motifs is 1. The lowest BCUT2D eigenvalue weighted by molar-refractivity contribution is -0.119. The molecule has 0 radical (unpaired) electrons. The zero-order valence-corrected chi connectivity index (χ0v) is 7.10. The fourth-order valence-electron chi connectivity index (χ4n) is 1.42. The van der Waals surface area contributed by atoms with Gasteiger partial charge in [0.1, 0.15) is 6.04 Å². The van der Waals surface area contributed by atoms with E-state index in [1.54, 1.807) is 0 Å². The lowest BCUT2D eigenvalue weighted by Gasteiger charge is -2.08. The fourth-order valence-corrected chi connectivity index (χ4v) is 1.42. The number of hydrogen-bond donors (Lipinski definition) is 1. The van der Waals surface area contributed by atoms with Crippen LogP contribution in [0.2, 0.25) is 0 Å². The molecular weight excluding hydrogens is 164 g/mol. The number of primary amides is 1. The highest BCUT2D eigenvalue weighted by Gasteiger charge is 2.13. The maximum atomic E-state index is 10.9. The van der Waals surface area contributed by atoms with Gasteiger partial charge in [0.15, 0.2) is 0 Å². The topological polar surface area (TPSA) is 55.5 Å². The third-order valence-corrected chi connectivity index (χ3v) is 2.12. The molecule has 1 aliphatic heterocycles. The van der Waals surface area contributed by atoms with Gasteiger partial charge in [-0.1, -0.05) is 24.3 Å². The molecule has 1 aromatic rings. The molecule has 1 amide bonds. The molecule has 66 valence electrons. The van der Waals surface area contributed by atoms with E-state index in [0.29, 0.717) is 6.42 Å². The summed E-state index contributed by atoms with van der Waals surface area (Å²) in [5.74, 6) is -0.356. The van der Waals surface area contributed by atoms with Crippen molar-refractivity contribution in [3.63, 3.8) is 0 Å². The van der Waals surface area contributed by atoms with Gasteiger partial charge in [-0.05, 0) is 17.7 Å². The molecule has 2 rings (SSSR count). The van der Waals surface area contributed by atoms with Crippen molar-refractivity contribution in [2.45, 2.75) is 12.5 Å². The van der Waals surface area contributed by atoms with E-state index >= 15 is 0 Å². The van der Waals surface area contributed by atoms with Crippen molar-refractivity contribution < 1.29 is 4.79 Å². The minimum atomic E-state index is -0.380. The number of carbonyl (C=O) groups is 1. The number of benzene rings is 1. The van der Waals surface area contributed by atoms with Crippen LogP contribution in [-0.2, 0) is 4.79 Å². The Kier molecular flexibility index (Phi) is 1.85. The Hall–Kier alpha value is -1.64. The third kappa shape index (κ3) is 1.45. The van der Waals surface area contributed by atoms with Crippen LogP contribution in [0.5, 0.6) is 0 Å². The maximum Gasteiger partial charge on any atom is 0.242 e. The summed E-state index contributed by atoms with van der Waals surface area (Å²) in [6.45, 7) is 0. The third-order valence-electron chi connectivity index (χ3n) is 2.12. The highest BCUT2D eigenvalue weighted by Crippen LogP contribution is 1.99. The van der Waals surface area contributed by atoms with Gasteiger partial charge in [-0.25, -0.2) is 0 Å². The SMILES string of the molecule is NC(=O)C1CC=c2ccccc2=N1. The predicted octanol–water partition coefficient (Wildman–Crippen LogP) is -0.656. The molecule has 1 unspecified atom stereocenters. The van der Waals surface area contributed by atoms with Crippen molar-refractivity contribution in [2.75, 3.05) is 0 Å². The summed E-state index contributed by atoms with van der Waals surface area (Å²) in [7, 11) is 0. The number of nitrogens with zero attached hydrogens (tertiary/aromatic N) is 1. The van der Waals surface area contributed by atoms with Crippen LogP contribution in [0.25, 0.3) is 6.08 Å².